The van der Waals surface area contributed by atoms with Crippen LogP contribution in [-0.2, 0) is 23.8 Å². The highest BCUT2D eigenvalue weighted by atomic mass is 19.1. The monoisotopic (exact) mass is 466 g/mol. The van der Waals surface area contributed by atoms with Gasteiger partial charge in [-0.05, 0) is 81.6 Å². The first kappa shape index (κ1) is 24.2. The van der Waals surface area contributed by atoms with E-state index < -0.39 is 42.2 Å². The molecule has 0 aromatic heterocycles. The molecule has 0 aromatic carbocycles. The summed E-state index contributed by atoms with van der Waals surface area (Å²) in [5, 5.41) is 11.5. The number of ether oxygens (including phenoxy) is 3. The van der Waals surface area contributed by atoms with Gasteiger partial charge in [-0.15, -0.1) is 0 Å². The molecule has 4 aliphatic carbocycles. The molecule has 0 amide bonds. The maximum atomic E-state index is 13.1. The van der Waals surface area contributed by atoms with Crippen molar-refractivity contribution in [2.24, 2.45) is 28.6 Å². The number of hydrogen-bond donors (Lipinski definition) is 1. The van der Waals surface area contributed by atoms with Crippen LogP contribution in [0.5, 0.6) is 0 Å². The van der Waals surface area contributed by atoms with Gasteiger partial charge < -0.3 is 19.3 Å². The third-order valence-electron chi connectivity index (χ3n) is 9.12. The van der Waals surface area contributed by atoms with Gasteiger partial charge in [-0.1, -0.05) is 19.4 Å². The van der Waals surface area contributed by atoms with Crippen LogP contribution < -0.4 is 0 Å². The van der Waals surface area contributed by atoms with Crippen molar-refractivity contribution in [1.29, 1.82) is 0 Å². The summed E-state index contributed by atoms with van der Waals surface area (Å²) in [6.07, 6.45) is 3.26. The number of allylic oxidation sites excluding steroid dienone is 1. The second-order valence-electron chi connectivity index (χ2n) is 11.0. The lowest BCUT2D eigenvalue weighted by Gasteiger charge is -2.60. The van der Waals surface area contributed by atoms with E-state index in [2.05, 4.69) is 6.92 Å². The van der Waals surface area contributed by atoms with Crippen LogP contribution in [0.2, 0.25) is 0 Å². The van der Waals surface area contributed by atoms with Crippen LogP contribution in [0.4, 0.5) is 9.18 Å². The van der Waals surface area contributed by atoms with Gasteiger partial charge in [0.25, 0.3) is 0 Å². The van der Waals surface area contributed by atoms with Crippen LogP contribution in [-0.4, -0.2) is 47.7 Å². The lowest BCUT2D eigenvalue weighted by atomic mass is 9.45. The van der Waals surface area contributed by atoms with Gasteiger partial charge in [0.2, 0.25) is 12.5 Å². The molecule has 4 aliphatic rings. The quantitative estimate of drug-likeness (QED) is 0.618. The number of ketones is 1. The number of rotatable bonds is 4. The van der Waals surface area contributed by atoms with Gasteiger partial charge in [-0.3, -0.25) is 4.79 Å². The Bertz CT molecular complexity index is 869. The van der Waals surface area contributed by atoms with Gasteiger partial charge in [0.15, 0.2) is 5.78 Å². The minimum atomic E-state index is -1.72. The average molecular weight is 467 g/mol. The van der Waals surface area contributed by atoms with E-state index in [4.69, 9.17) is 14.2 Å². The molecule has 8 heteroatoms. The molecule has 1 N–H and O–H groups in total. The molecule has 7 nitrogen and oxygen atoms in total. The molecule has 2 unspecified atom stereocenters. The first-order valence-corrected chi connectivity index (χ1v) is 12.0. The van der Waals surface area contributed by atoms with Crippen LogP contribution in [0.3, 0.4) is 0 Å². The number of aliphatic hydroxyl groups excluding tert-OH is 1. The zero-order valence-electron chi connectivity index (χ0n) is 19.9. The summed E-state index contributed by atoms with van der Waals surface area (Å²) in [6.45, 7) is 6.02. The second-order valence-corrected chi connectivity index (χ2v) is 11.0. The third kappa shape index (κ3) is 3.60. The standard InChI is InChI=1S/C25H35FO7/c1-14(2)32-22(30)33-25(21(29)31-13-26)10-8-18-17-6-5-15-11-16(27)7-9-23(15,3)20(17)19(28)12-24(18,25)4/h11,14,17-20,28H,5-10,12-13H2,1-4H3/t17-,18-,19?,20-,23-,24-,25?/m0/s1. The Morgan fingerprint density at radius 1 is 1.21 bits per heavy atom. The lowest BCUT2D eigenvalue weighted by molar-refractivity contribution is -0.206. The number of aliphatic hydroxyl groups is 1. The smallest absolute Gasteiger partial charge is 0.432 e. The lowest BCUT2D eigenvalue weighted by Crippen LogP contribution is -2.63. The van der Waals surface area contributed by atoms with E-state index in [1.165, 1.54) is 0 Å². The number of fused-ring (bicyclic) bond motifs is 5. The van der Waals surface area contributed by atoms with E-state index in [0.29, 0.717) is 19.3 Å². The van der Waals surface area contributed by atoms with E-state index in [9.17, 15) is 23.9 Å². The fraction of sp³-hybridized carbons (Fsp3) is 0.800. The molecule has 0 saturated heterocycles. The molecule has 184 valence electrons. The van der Waals surface area contributed by atoms with Gasteiger partial charge in [0.1, 0.15) is 0 Å². The number of esters is 1. The van der Waals surface area contributed by atoms with Gasteiger partial charge in [-0.2, -0.15) is 0 Å². The van der Waals surface area contributed by atoms with Crippen LogP contribution in [0.1, 0.15) is 72.6 Å². The highest BCUT2D eigenvalue weighted by molar-refractivity contribution is 5.91. The minimum absolute atomic E-state index is 0.0269. The molecule has 0 bridgehead atoms. The Morgan fingerprint density at radius 2 is 1.94 bits per heavy atom. The van der Waals surface area contributed by atoms with Crippen molar-refractivity contribution in [3.63, 3.8) is 0 Å². The molecular weight excluding hydrogens is 431 g/mol. The predicted octanol–water partition coefficient (Wildman–Crippen LogP) is 4.26. The highest BCUT2D eigenvalue weighted by Gasteiger charge is 2.71. The van der Waals surface area contributed by atoms with Crippen LogP contribution in [0, 0.1) is 28.6 Å². The molecule has 0 aliphatic heterocycles. The van der Waals surface area contributed by atoms with Crippen LogP contribution in [0.15, 0.2) is 11.6 Å². The summed E-state index contributed by atoms with van der Waals surface area (Å²) >= 11 is 0. The van der Waals surface area contributed by atoms with Crippen molar-refractivity contribution >= 4 is 17.9 Å². The molecule has 33 heavy (non-hydrogen) atoms. The van der Waals surface area contributed by atoms with Gasteiger partial charge in [-0.25, -0.2) is 14.0 Å². The minimum Gasteiger partial charge on any atom is -0.432 e. The number of halogens is 1. The molecule has 3 fully saturated rings. The summed E-state index contributed by atoms with van der Waals surface area (Å²) in [7, 11) is 0. The number of hydrogen-bond acceptors (Lipinski definition) is 7. The molecule has 7 atom stereocenters. The fourth-order valence-corrected chi connectivity index (χ4v) is 7.74. The summed E-state index contributed by atoms with van der Waals surface area (Å²) < 4.78 is 28.7. The van der Waals surface area contributed by atoms with Crippen LogP contribution >= 0.6 is 0 Å². The zero-order chi connectivity index (χ0) is 24.2. The van der Waals surface area contributed by atoms with Gasteiger partial charge in [0, 0.05) is 11.8 Å². The zero-order valence-corrected chi connectivity index (χ0v) is 19.9. The van der Waals surface area contributed by atoms with Crippen molar-refractivity contribution in [2.75, 3.05) is 6.86 Å². The Labute approximate surface area is 194 Å². The Kier molecular flexibility index (Phi) is 6.13. The highest BCUT2D eigenvalue weighted by Crippen LogP contribution is 2.68. The summed E-state index contributed by atoms with van der Waals surface area (Å²) in [5.74, 6) is -0.784. The predicted molar refractivity (Wildman–Crippen MR) is 116 cm³/mol. The summed E-state index contributed by atoms with van der Waals surface area (Å²) in [5.41, 5.74) is -1.82. The van der Waals surface area contributed by atoms with Crippen molar-refractivity contribution in [3.05, 3.63) is 11.6 Å². The topological polar surface area (TPSA) is 99.1 Å². The Balaban J connectivity index is 1.71. The maximum absolute atomic E-state index is 13.1. The largest absolute Gasteiger partial charge is 0.509 e. The number of alkyl halides is 1. The van der Waals surface area contributed by atoms with E-state index in [1.54, 1.807) is 19.9 Å². The summed E-state index contributed by atoms with van der Waals surface area (Å²) in [4.78, 5) is 37.7. The molecule has 0 heterocycles. The first-order chi connectivity index (χ1) is 15.5. The van der Waals surface area contributed by atoms with E-state index in [1.807, 2.05) is 6.92 Å². The maximum Gasteiger partial charge on any atom is 0.509 e. The average Bonchev–Trinajstić information content (AvgIpc) is 3.00. The van der Waals surface area contributed by atoms with E-state index in [0.717, 1.165) is 18.4 Å². The van der Waals surface area contributed by atoms with Crippen molar-refractivity contribution in [2.45, 2.75) is 90.4 Å². The van der Waals surface area contributed by atoms with E-state index >= 15 is 0 Å². The molecule has 0 radical (unpaired) electrons. The molecular formula is C25H35FO7. The molecule has 4 rings (SSSR count). The van der Waals surface area contributed by atoms with Crippen molar-refractivity contribution in [1.82, 2.24) is 0 Å². The number of carbonyl (C=O) groups is 3. The number of carbonyl (C=O) groups excluding carboxylic acids is 3. The molecule has 0 spiro atoms. The van der Waals surface area contributed by atoms with Gasteiger partial charge >= 0.3 is 12.1 Å². The van der Waals surface area contributed by atoms with E-state index in [-0.39, 0.29) is 41.8 Å². The Morgan fingerprint density at radius 3 is 2.61 bits per heavy atom. The third-order valence-corrected chi connectivity index (χ3v) is 9.12. The second kappa shape index (κ2) is 8.36. The fourth-order valence-electron chi connectivity index (χ4n) is 7.74. The summed E-state index contributed by atoms with van der Waals surface area (Å²) in [6, 6.07) is 0. The first-order valence-electron chi connectivity index (χ1n) is 12.0. The van der Waals surface area contributed by atoms with Crippen molar-refractivity contribution in [3.8, 4) is 0 Å². The Hall–Kier alpha value is -1.96. The van der Waals surface area contributed by atoms with Crippen LogP contribution in [0.25, 0.3) is 0 Å². The molecule has 0 aromatic rings. The normalized spacial score (nSPS) is 42.0. The van der Waals surface area contributed by atoms with Crippen molar-refractivity contribution < 1.29 is 38.1 Å². The SMILES string of the molecule is CC(C)OC(=O)OC1(C(=O)OCF)CC[C@H]2[C@@H]3CCC4=CC(=O)CC[C@]4(C)[C@@H]3C(O)C[C@@]21C. The molecule has 3 saturated carbocycles. The van der Waals surface area contributed by atoms with Gasteiger partial charge in [0.05, 0.1) is 12.2 Å².